The Hall–Kier alpha value is -3.54. The van der Waals surface area contributed by atoms with E-state index in [2.05, 4.69) is 34.4 Å². The number of benzene rings is 2. The number of likely N-dealkylation sites (tertiary alicyclic amines) is 1. The molecule has 2 aromatic rings. The number of carbonyl (C=O) groups excluding carboxylic acids is 4. The van der Waals surface area contributed by atoms with Crippen molar-refractivity contribution in [2.45, 2.75) is 74.1 Å². The zero-order valence-electron chi connectivity index (χ0n) is 26.8. The summed E-state index contributed by atoms with van der Waals surface area (Å²) in [4.78, 5) is 58.0. The van der Waals surface area contributed by atoms with Crippen LogP contribution < -0.4 is 10.2 Å². The first-order valence-corrected chi connectivity index (χ1v) is 17.3. The molecule has 2 N–H and O–H groups in total. The first-order valence-electron chi connectivity index (χ1n) is 16.4. The Labute approximate surface area is 284 Å². The number of amides is 3. The first kappa shape index (κ1) is 34.8. The van der Waals surface area contributed by atoms with E-state index in [9.17, 15) is 24.3 Å². The summed E-state index contributed by atoms with van der Waals surface area (Å²) in [5.41, 5.74) is -0.574. The number of unbranched alkanes of at least 4 members (excludes halogenated alkanes) is 2. The molecule has 0 aromatic heterocycles. The van der Waals surface area contributed by atoms with E-state index in [1.165, 1.54) is 0 Å². The molecule has 3 saturated heterocycles. The van der Waals surface area contributed by atoms with Crippen molar-refractivity contribution in [3.63, 3.8) is 0 Å². The van der Waals surface area contributed by atoms with E-state index in [-0.39, 0.29) is 48.8 Å². The summed E-state index contributed by atoms with van der Waals surface area (Å²) in [6.45, 7) is 9.87. The first-order chi connectivity index (χ1) is 22.7. The summed E-state index contributed by atoms with van der Waals surface area (Å²) >= 11 is 3.71. The number of ether oxygens (including phenoxy) is 2. The molecule has 0 aliphatic carbocycles. The number of allylic oxidation sites excluding steroid dienone is 1. The SMILES string of the molecule is C=CCCC(=O)NC[C@H](C)OC(=O)[C@H]1[C@@H]2O[C@@]3(CC2Br)[C@@H]1C(=O)N(CCCCCO)[C@@H]3C(=O)N(CC=C)c1ccc2ccccc2c1. The van der Waals surface area contributed by atoms with Gasteiger partial charge >= 0.3 is 5.97 Å². The summed E-state index contributed by atoms with van der Waals surface area (Å²) in [5.74, 6) is -3.20. The van der Waals surface area contributed by atoms with E-state index in [0.717, 1.165) is 10.8 Å². The van der Waals surface area contributed by atoms with Gasteiger partial charge in [-0.1, -0.05) is 58.4 Å². The van der Waals surface area contributed by atoms with Gasteiger partial charge in [-0.05, 0) is 61.9 Å². The fourth-order valence-corrected chi connectivity index (χ4v) is 8.27. The number of rotatable bonds is 16. The average Bonchev–Trinajstić information content (AvgIpc) is 3.66. The van der Waals surface area contributed by atoms with Gasteiger partial charge in [-0.25, -0.2) is 0 Å². The number of hydrogen-bond donors (Lipinski definition) is 2. The smallest absolute Gasteiger partial charge is 0.312 e. The van der Waals surface area contributed by atoms with Crippen LogP contribution in [0.25, 0.3) is 10.8 Å². The van der Waals surface area contributed by atoms with Gasteiger partial charge in [0.15, 0.2) is 0 Å². The van der Waals surface area contributed by atoms with Gasteiger partial charge < -0.3 is 29.7 Å². The van der Waals surface area contributed by atoms with Crippen molar-refractivity contribution in [1.82, 2.24) is 10.2 Å². The van der Waals surface area contributed by atoms with E-state index in [4.69, 9.17) is 9.47 Å². The Bertz CT molecular complexity index is 1520. The molecule has 7 atom stereocenters. The largest absolute Gasteiger partial charge is 0.460 e. The highest BCUT2D eigenvalue weighted by Crippen LogP contribution is 2.60. The van der Waals surface area contributed by atoms with Crippen molar-refractivity contribution in [3.05, 3.63) is 67.8 Å². The predicted molar refractivity (Wildman–Crippen MR) is 183 cm³/mol. The lowest BCUT2D eigenvalue weighted by atomic mass is 9.70. The predicted octanol–water partition coefficient (Wildman–Crippen LogP) is 4.28. The van der Waals surface area contributed by atoms with Crippen molar-refractivity contribution in [1.29, 1.82) is 0 Å². The maximum atomic E-state index is 14.8. The second-order valence-corrected chi connectivity index (χ2v) is 13.8. The summed E-state index contributed by atoms with van der Waals surface area (Å²) in [7, 11) is 0. The number of hydrogen-bond acceptors (Lipinski definition) is 7. The van der Waals surface area contributed by atoms with Crippen LogP contribution in [0, 0.1) is 11.8 Å². The number of nitrogens with one attached hydrogen (secondary N) is 1. The molecule has 10 nitrogen and oxygen atoms in total. The molecular formula is C36H44BrN3O7. The maximum Gasteiger partial charge on any atom is 0.312 e. The third kappa shape index (κ3) is 6.89. The van der Waals surface area contributed by atoms with Crippen LogP contribution in [0.2, 0.25) is 0 Å². The van der Waals surface area contributed by atoms with E-state index in [1.54, 1.807) is 28.9 Å². The van der Waals surface area contributed by atoms with Crippen LogP contribution in [0.15, 0.2) is 67.8 Å². The summed E-state index contributed by atoms with van der Waals surface area (Å²) in [6, 6.07) is 12.7. The van der Waals surface area contributed by atoms with Gasteiger partial charge in [-0.3, -0.25) is 19.2 Å². The van der Waals surface area contributed by atoms with Crippen LogP contribution in [0.3, 0.4) is 0 Å². The van der Waals surface area contributed by atoms with Gasteiger partial charge in [-0.2, -0.15) is 0 Å². The highest BCUT2D eigenvalue weighted by Gasteiger charge is 2.77. The molecule has 3 aliphatic rings. The van der Waals surface area contributed by atoms with Crippen molar-refractivity contribution in [2.75, 3.05) is 31.1 Å². The van der Waals surface area contributed by atoms with Crippen LogP contribution >= 0.6 is 15.9 Å². The van der Waals surface area contributed by atoms with E-state index >= 15 is 0 Å². The number of halogens is 1. The summed E-state index contributed by atoms with van der Waals surface area (Å²) in [5, 5.41) is 14.1. The zero-order valence-corrected chi connectivity index (χ0v) is 28.4. The molecule has 1 unspecified atom stereocenters. The lowest BCUT2D eigenvalue weighted by Crippen LogP contribution is -2.57. The van der Waals surface area contributed by atoms with E-state index in [0.29, 0.717) is 44.2 Å². The molecule has 1 spiro atoms. The summed E-state index contributed by atoms with van der Waals surface area (Å²) < 4.78 is 12.4. The molecule has 2 aromatic carbocycles. The molecule has 0 radical (unpaired) electrons. The minimum Gasteiger partial charge on any atom is -0.460 e. The highest BCUT2D eigenvalue weighted by molar-refractivity contribution is 9.09. The Morgan fingerprint density at radius 1 is 1.17 bits per heavy atom. The van der Waals surface area contributed by atoms with Gasteiger partial charge in [0.05, 0.1) is 24.5 Å². The molecule has 3 heterocycles. The number of esters is 1. The molecule has 5 rings (SSSR count). The lowest BCUT2D eigenvalue weighted by Gasteiger charge is -2.37. The minimum absolute atomic E-state index is 0.0365. The van der Waals surface area contributed by atoms with Crippen LogP contribution in [-0.4, -0.2) is 88.6 Å². The Kier molecular flexibility index (Phi) is 11.2. The molecule has 3 amide bonds. The average molecular weight is 711 g/mol. The van der Waals surface area contributed by atoms with E-state index in [1.807, 2.05) is 42.5 Å². The molecule has 47 heavy (non-hydrogen) atoms. The van der Waals surface area contributed by atoms with Crippen LogP contribution in [0.4, 0.5) is 5.69 Å². The van der Waals surface area contributed by atoms with Crippen molar-refractivity contribution < 1.29 is 33.8 Å². The molecule has 2 bridgehead atoms. The molecule has 11 heteroatoms. The third-order valence-corrected chi connectivity index (χ3v) is 10.3. The quantitative estimate of drug-likeness (QED) is 0.115. The number of aliphatic hydroxyl groups excluding tert-OH is 1. The number of nitrogens with zero attached hydrogens (tertiary/aromatic N) is 2. The number of anilines is 1. The molecule has 0 saturated carbocycles. The number of carbonyl (C=O) groups is 4. The van der Waals surface area contributed by atoms with Crippen LogP contribution in [-0.2, 0) is 28.7 Å². The van der Waals surface area contributed by atoms with Crippen LogP contribution in [0.1, 0.15) is 45.4 Å². The van der Waals surface area contributed by atoms with E-state index < -0.39 is 41.7 Å². The van der Waals surface area contributed by atoms with Crippen molar-refractivity contribution in [2.24, 2.45) is 11.8 Å². The topological polar surface area (TPSA) is 125 Å². The molecule has 3 fully saturated rings. The van der Waals surface area contributed by atoms with Gasteiger partial charge in [0.1, 0.15) is 17.7 Å². The minimum atomic E-state index is -1.24. The number of aliphatic hydroxyl groups is 1. The number of fused-ring (bicyclic) bond motifs is 2. The van der Waals surface area contributed by atoms with Gasteiger partial charge in [0.2, 0.25) is 11.8 Å². The standard InChI is InChI=1S/C36H44BrN3O7/c1-4-6-14-28(42)38-22-23(3)46-35(45)29-30-33(43)40(18-10-7-11-19-41)32(36(30)21-27(37)31(29)47-36)34(44)39(17-5-2)26-16-15-24-12-8-9-13-25(24)20-26/h4-5,8-9,12-13,15-16,20,23,27,29-32,41H,1-2,6-7,10-11,14,17-19,21-22H2,3H3,(H,38,42)/t23-,27?,29+,30-,31+,32+,36-/m0/s1. The van der Waals surface area contributed by atoms with Crippen molar-refractivity contribution in [3.8, 4) is 0 Å². The maximum absolute atomic E-state index is 14.8. The highest BCUT2D eigenvalue weighted by atomic mass is 79.9. The zero-order chi connectivity index (χ0) is 33.7. The Morgan fingerprint density at radius 3 is 2.66 bits per heavy atom. The second kappa shape index (κ2) is 15.1. The molecule has 3 aliphatic heterocycles. The fourth-order valence-electron chi connectivity index (χ4n) is 7.33. The van der Waals surface area contributed by atoms with Crippen LogP contribution in [0.5, 0.6) is 0 Å². The van der Waals surface area contributed by atoms with Gasteiger partial charge in [-0.15, -0.1) is 13.2 Å². The molecular weight excluding hydrogens is 666 g/mol. The Morgan fingerprint density at radius 2 is 1.94 bits per heavy atom. The molecule has 252 valence electrons. The Balaban J connectivity index is 1.45. The van der Waals surface area contributed by atoms with Gasteiger partial charge in [0.25, 0.3) is 5.91 Å². The van der Waals surface area contributed by atoms with Gasteiger partial charge in [0, 0.05) is 36.6 Å². The number of alkyl halides is 1. The summed E-state index contributed by atoms with van der Waals surface area (Å²) in [6.07, 6.45) is 5.05. The third-order valence-electron chi connectivity index (χ3n) is 9.45. The lowest BCUT2D eigenvalue weighted by molar-refractivity contribution is -0.159. The second-order valence-electron chi connectivity index (χ2n) is 12.6. The van der Waals surface area contributed by atoms with Crippen molar-refractivity contribution >= 4 is 56.1 Å². The fraction of sp³-hybridized carbons (Fsp3) is 0.500. The monoisotopic (exact) mass is 709 g/mol. The normalized spacial score (nSPS) is 26.6.